The first kappa shape index (κ1) is 26.2. The summed E-state index contributed by atoms with van der Waals surface area (Å²) >= 11 is 0. The van der Waals surface area contributed by atoms with E-state index in [9.17, 15) is 9.90 Å². The number of ether oxygens (including phenoxy) is 2. The summed E-state index contributed by atoms with van der Waals surface area (Å²) in [5.41, 5.74) is 3.63. The van der Waals surface area contributed by atoms with Crippen LogP contribution >= 0.6 is 0 Å². The molecule has 3 aromatic carbocycles. The molecule has 8 nitrogen and oxygen atoms in total. The van der Waals surface area contributed by atoms with Crippen molar-refractivity contribution in [2.45, 2.75) is 20.1 Å². The van der Waals surface area contributed by atoms with Gasteiger partial charge in [0.1, 0.15) is 29.5 Å². The molecule has 0 fully saturated rings. The van der Waals surface area contributed by atoms with Gasteiger partial charge in [0.15, 0.2) is 11.3 Å². The average Bonchev–Trinajstić information content (AvgIpc) is 2.93. The van der Waals surface area contributed by atoms with Crippen molar-refractivity contribution >= 4 is 27.8 Å². The second-order valence-electron chi connectivity index (χ2n) is 9.69. The van der Waals surface area contributed by atoms with E-state index in [2.05, 4.69) is 10.3 Å². The number of fused-ring (bicyclic) bond motifs is 2. The van der Waals surface area contributed by atoms with Crippen LogP contribution < -0.4 is 20.2 Å². The van der Waals surface area contributed by atoms with E-state index in [1.807, 2.05) is 74.4 Å². The molecule has 0 aliphatic heterocycles. The third kappa shape index (κ3) is 6.19. The Balaban J connectivity index is 1.34. The number of nitrogens with zero attached hydrogens (tertiary/aromatic N) is 2. The largest absolute Gasteiger partial charge is 0.488 e. The minimum absolute atomic E-state index is 0.0306. The van der Waals surface area contributed by atoms with Crippen LogP contribution in [0, 0.1) is 6.92 Å². The van der Waals surface area contributed by atoms with Gasteiger partial charge in [0.2, 0.25) is 5.43 Å². The maximum Gasteiger partial charge on any atom is 0.200 e. The Morgan fingerprint density at radius 3 is 2.44 bits per heavy atom. The molecule has 39 heavy (non-hydrogen) atoms. The lowest BCUT2D eigenvalue weighted by atomic mass is 10.1. The number of pyridine rings is 1. The molecule has 0 unspecified atom stereocenters. The summed E-state index contributed by atoms with van der Waals surface area (Å²) in [6.45, 7) is 3.79. The normalized spacial score (nSPS) is 11.3. The van der Waals surface area contributed by atoms with Crippen molar-refractivity contribution < 1.29 is 19.0 Å². The van der Waals surface area contributed by atoms with Crippen molar-refractivity contribution in [1.82, 2.24) is 9.88 Å². The second kappa shape index (κ2) is 11.6. The smallest absolute Gasteiger partial charge is 0.200 e. The van der Waals surface area contributed by atoms with Gasteiger partial charge in [0.25, 0.3) is 0 Å². The number of anilines is 1. The number of aliphatic hydroxyl groups excluding tert-OH is 1. The van der Waals surface area contributed by atoms with Gasteiger partial charge in [-0.05, 0) is 74.1 Å². The zero-order chi connectivity index (χ0) is 27.4. The highest BCUT2D eigenvalue weighted by Gasteiger charge is 2.14. The van der Waals surface area contributed by atoms with Gasteiger partial charge in [-0.15, -0.1) is 0 Å². The summed E-state index contributed by atoms with van der Waals surface area (Å²) in [6, 6.07) is 20.3. The fraction of sp³-hybridized carbons (Fsp3) is 0.226. The maximum atomic E-state index is 13.3. The van der Waals surface area contributed by atoms with Crippen molar-refractivity contribution in [3.05, 3.63) is 99.8 Å². The molecule has 0 saturated carbocycles. The van der Waals surface area contributed by atoms with E-state index in [-0.39, 0.29) is 12.0 Å². The van der Waals surface area contributed by atoms with Gasteiger partial charge in [-0.1, -0.05) is 24.3 Å². The van der Waals surface area contributed by atoms with E-state index in [4.69, 9.17) is 13.9 Å². The zero-order valence-electron chi connectivity index (χ0n) is 22.2. The van der Waals surface area contributed by atoms with Crippen LogP contribution in [0.4, 0.5) is 5.82 Å². The molecule has 5 rings (SSSR count). The molecule has 0 aliphatic rings. The fourth-order valence-electron chi connectivity index (χ4n) is 4.19. The van der Waals surface area contributed by atoms with Gasteiger partial charge in [-0.2, -0.15) is 0 Å². The Morgan fingerprint density at radius 2 is 1.72 bits per heavy atom. The maximum absolute atomic E-state index is 13.3. The first-order valence-corrected chi connectivity index (χ1v) is 12.7. The van der Waals surface area contributed by atoms with Crippen molar-refractivity contribution in [3.63, 3.8) is 0 Å². The van der Waals surface area contributed by atoms with Crippen LogP contribution in [0.2, 0.25) is 0 Å². The van der Waals surface area contributed by atoms with Crippen LogP contribution in [0.15, 0.2) is 82.1 Å². The molecule has 8 heteroatoms. The molecule has 0 bridgehead atoms. The zero-order valence-corrected chi connectivity index (χ0v) is 22.2. The lowest BCUT2D eigenvalue weighted by molar-refractivity contribution is 0.261. The summed E-state index contributed by atoms with van der Waals surface area (Å²) < 4.78 is 18.2. The van der Waals surface area contributed by atoms with Crippen molar-refractivity contribution in [2.75, 3.05) is 32.6 Å². The molecule has 0 radical (unpaired) electrons. The number of aliphatic hydroxyl groups is 1. The first-order valence-electron chi connectivity index (χ1n) is 12.7. The van der Waals surface area contributed by atoms with E-state index < -0.39 is 0 Å². The van der Waals surface area contributed by atoms with Crippen LogP contribution in [0.1, 0.15) is 16.7 Å². The average molecular weight is 526 g/mol. The molecule has 0 saturated heterocycles. The Hall–Kier alpha value is -4.40. The highest BCUT2D eigenvalue weighted by atomic mass is 16.5. The predicted molar refractivity (Wildman–Crippen MR) is 153 cm³/mol. The lowest BCUT2D eigenvalue weighted by Crippen LogP contribution is -2.19. The molecule has 2 heterocycles. The summed E-state index contributed by atoms with van der Waals surface area (Å²) in [5.74, 6) is 2.34. The molecule has 5 aromatic rings. The molecule has 2 aromatic heterocycles. The minimum Gasteiger partial charge on any atom is -0.488 e. The second-order valence-corrected chi connectivity index (χ2v) is 9.69. The minimum atomic E-state index is -0.109. The SMILES string of the molecule is Cc1cc(OCCN(C)C)c2oc3cc(Oc4ccc(NCc5ccc(CO)cc5)nc4)ccc3c(=O)c2c1. The highest BCUT2D eigenvalue weighted by Crippen LogP contribution is 2.31. The molecular weight excluding hydrogens is 494 g/mol. The quantitative estimate of drug-likeness (QED) is 0.231. The third-order valence-electron chi connectivity index (χ3n) is 6.30. The Bertz CT molecular complexity index is 1640. The number of aryl methyl sites for hydroxylation is 1. The topological polar surface area (TPSA) is 97.1 Å². The number of likely N-dealkylation sites (N-methyl/N-ethyl adjacent to an activating group) is 1. The lowest BCUT2D eigenvalue weighted by Gasteiger charge is -2.13. The van der Waals surface area contributed by atoms with Crippen LogP contribution in [0.3, 0.4) is 0 Å². The third-order valence-corrected chi connectivity index (χ3v) is 6.30. The number of benzene rings is 3. The van der Waals surface area contributed by atoms with E-state index in [1.54, 1.807) is 24.4 Å². The Labute approximate surface area is 226 Å². The standard InChI is InChI=1S/C31H31N3O5/c1-20-14-26-30(36)25-10-8-23(16-27(25)39-31(26)28(15-20)37-13-12-34(2)3)38-24-9-11-29(33-18-24)32-17-21-4-6-22(19-35)7-5-21/h4-11,14-16,18,35H,12-13,17,19H2,1-3H3,(H,32,33). The van der Waals surface area contributed by atoms with Gasteiger partial charge < -0.3 is 29.2 Å². The van der Waals surface area contributed by atoms with E-state index in [0.29, 0.717) is 58.2 Å². The van der Waals surface area contributed by atoms with Crippen LogP contribution in [-0.2, 0) is 13.2 Å². The fourth-order valence-corrected chi connectivity index (χ4v) is 4.19. The van der Waals surface area contributed by atoms with Crippen LogP contribution in [0.25, 0.3) is 21.9 Å². The van der Waals surface area contributed by atoms with Gasteiger partial charge in [-0.25, -0.2) is 4.98 Å². The summed E-state index contributed by atoms with van der Waals surface area (Å²) in [7, 11) is 3.96. The molecule has 0 atom stereocenters. The number of hydrogen-bond acceptors (Lipinski definition) is 8. The van der Waals surface area contributed by atoms with Crippen molar-refractivity contribution in [1.29, 1.82) is 0 Å². The number of aromatic nitrogens is 1. The first-order chi connectivity index (χ1) is 18.9. The van der Waals surface area contributed by atoms with Gasteiger partial charge in [-0.3, -0.25) is 4.79 Å². The number of rotatable bonds is 10. The number of nitrogens with one attached hydrogen (secondary N) is 1. The van der Waals surface area contributed by atoms with E-state index in [1.165, 1.54) is 0 Å². The predicted octanol–water partition coefficient (Wildman–Crippen LogP) is 5.49. The number of hydrogen-bond donors (Lipinski definition) is 2. The van der Waals surface area contributed by atoms with E-state index >= 15 is 0 Å². The van der Waals surface area contributed by atoms with E-state index in [0.717, 1.165) is 23.2 Å². The van der Waals surface area contributed by atoms with Crippen LogP contribution in [0.5, 0.6) is 17.2 Å². The van der Waals surface area contributed by atoms with Crippen molar-refractivity contribution in [3.8, 4) is 17.2 Å². The van der Waals surface area contributed by atoms with Gasteiger partial charge >= 0.3 is 0 Å². The Kier molecular flexibility index (Phi) is 7.76. The molecule has 0 aliphatic carbocycles. The Morgan fingerprint density at radius 1 is 0.949 bits per heavy atom. The summed E-state index contributed by atoms with van der Waals surface area (Å²) in [4.78, 5) is 19.7. The molecule has 200 valence electrons. The highest BCUT2D eigenvalue weighted by molar-refractivity contribution is 5.93. The van der Waals surface area contributed by atoms with Gasteiger partial charge in [0.05, 0.1) is 23.6 Å². The van der Waals surface area contributed by atoms with Crippen LogP contribution in [-0.4, -0.2) is 42.2 Å². The van der Waals surface area contributed by atoms with Gasteiger partial charge in [0, 0.05) is 19.2 Å². The summed E-state index contributed by atoms with van der Waals surface area (Å²) in [6.07, 6.45) is 1.64. The van der Waals surface area contributed by atoms with Crippen molar-refractivity contribution in [2.24, 2.45) is 0 Å². The molecule has 0 spiro atoms. The molecular formula is C31H31N3O5. The summed E-state index contributed by atoms with van der Waals surface area (Å²) in [5, 5.41) is 13.4. The molecule has 2 N–H and O–H groups in total. The molecule has 0 amide bonds. The monoisotopic (exact) mass is 525 g/mol.